The van der Waals surface area contributed by atoms with Crippen LogP contribution in [0.15, 0.2) is 60.9 Å². The van der Waals surface area contributed by atoms with E-state index < -0.39 is 0 Å². The summed E-state index contributed by atoms with van der Waals surface area (Å²) in [6, 6.07) is 15.0. The van der Waals surface area contributed by atoms with Crippen molar-refractivity contribution in [2.75, 3.05) is 0 Å². The third kappa shape index (κ3) is 5.99. The maximum atomic E-state index is 12.5. The molecule has 0 aliphatic carbocycles. The van der Waals surface area contributed by atoms with Crippen LogP contribution in [0.2, 0.25) is 0 Å². The predicted octanol–water partition coefficient (Wildman–Crippen LogP) is 6.29. The molecule has 0 saturated carbocycles. The van der Waals surface area contributed by atoms with Crippen molar-refractivity contribution >= 4 is 5.97 Å². The molecule has 0 spiro atoms. The average molecular weight is 403 g/mol. The van der Waals surface area contributed by atoms with Gasteiger partial charge in [0.15, 0.2) is 5.82 Å². The van der Waals surface area contributed by atoms with Gasteiger partial charge in [0.05, 0.1) is 5.56 Å². The SMILES string of the molecule is CCCCc1cnc(-c2ccc(C(=O)Oc3ccc(C[C@@H](C)CC)cc3)cc2)nc1. The summed E-state index contributed by atoms with van der Waals surface area (Å²) in [4.78, 5) is 21.4. The molecule has 1 atom stereocenters. The van der Waals surface area contributed by atoms with Crippen LogP contribution in [0.5, 0.6) is 5.75 Å². The first kappa shape index (κ1) is 21.7. The molecule has 3 aromatic rings. The number of rotatable bonds is 9. The van der Waals surface area contributed by atoms with E-state index in [1.165, 1.54) is 5.56 Å². The molecule has 4 heteroatoms. The van der Waals surface area contributed by atoms with Gasteiger partial charge in [0.25, 0.3) is 0 Å². The van der Waals surface area contributed by atoms with Gasteiger partial charge in [-0.05, 0) is 60.6 Å². The number of esters is 1. The molecule has 0 bridgehead atoms. The monoisotopic (exact) mass is 402 g/mol. The van der Waals surface area contributed by atoms with Crippen molar-refractivity contribution in [2.45, 2.75) is 52.9 Å². The quantitative estimate of drug-likeness (QED) is 0.311. The Kier molecular flexibility index (Phi) is 7.72. The van der Waals surface area contributed by atoms with E-state index in [2.05, 4.69) is 30.7 Å². The summed E-state index contributed by atoms with van der Waals surface area (Å²) in [6.45, 7) is 6.61. The van der Waals surface area contributed by atoms with Gasteiger partial charge in [-0.25, -0.2) is 14.8 Å². The fourth-order valence-electron chi connectivity index (χ4n) is 3.18. The van der Waals surface area contributed by atoms with E-state index in [-0.39, 0.29) is 5.97 Å². The number of hydrogen-bond acceptors (Lipinski definition) is 4. The molecular weight excluding hydrogens is 372 g/mol. The van der Waals surface area contributed by atoms with Crippen LogP contribution in [0.3, 0.4) is 0 Å². The molecule has 0 amide bonds. The van der Waals surface area contributed by atoms with Crippen LogP contribution in [0, 0.1) is 5.92 Å². The Morgan fingerprint density at radius 1 is 0.933 bits per heavy atom. The van der Waals surface area contributed by atoms with Gasteiger partial charge in [0, 0.05) is 18.0 Å². The number of hydrogen-bond donors (Lipinski definition) is 0. The molecule has 0 saturated heterocycles. The lowest BCUT2D eigenvalue weighted by molar-refractivity contribution is 0.0734. The third-order valence-electron chi connectivity index (χ3n) is 5.32. The zero-order valence-electron chi connectivity index (χ0n) is 18.1. The summed E-state index contributed by atoms with van der Waals surface area (Å²) in [5, 5.41) is 0. The van der Waals surface area contributed by atoms with Crippen LogP contribution in [-0.2, 0) is 12.8 Å². The Morgan fingerprint density at radius 2 is 1.60 bits per heavy atom. The molecule has 30 heavy (non-hydrogen) atoms. The van der Waals surface area contributed by atoms with Crippen LogP contribution in [-0.4, -0.2) is 15.9 Å². The molecule has 0 aliphatic rings. The smallest absolute Gasteiger partial charge is 0.343 e. The van der Waals surface area contributed by atoms with Crippen LogP contribution in [0.1, 0.15) is 61.5 Å². The van der Waals surface area contributed by atoms with Gasteiger partial charge < -0.3 is 4.74 Å². The first-order valence-corrected chi connectivity index (χ1v) is 10.8. The van der Waals surface area contributed by atoms with Crippen molar-refractivity contribution in [3.63, 3.8) is 0 Å². The number of ether oxygens (including phenoxy) is 1. The number of benzene rings is 2. The first-order valence-electron chi connectivity index (χ1n) is 10.8. The molecule has 1 heterocycles. The highest BCUT2D eigenvalue weighted by Crippen LogP contribution is 2.19. The molecule has 1 aromatic heterocycles. The lowest BCUT2D eigenvalue weighted by Crippen LogP contribution is -2.08. The summed E-state index contributed by atoms with van der Waals surface area (Å²) >= 11 is 0. The van der Waals surface area contributed by atoms with Crippen LogP contribution >= 0.6 is 0 Å². The van der Waals surface area contributed by atoms with Gasteiger partial charge >= 0.3 is 5.97 Å². The maximum Gasteiger partial charge on any atom is 0.343 e. The first-order chi connectivity index (χ1) is 14.6. The summed E-state index contributed by atoms with van der Waals surface area (Å²) in [5.74, 6) is 1.50. The van der Waals surface area contributed by atoms with E-state index in [1.807, 2.05) is 48.8 Å². The van der Waals surface area contributed by atoms with Crippen LogP contribution in [0.25, 0.3) is 11.4 Å². The molecule has 0 radical (unpaired) electrons. The minimum Gasteiger partial charge on any atom is -0.423 e. The number of unbranched alkanes of at least 4 members (excludes halogenated alkanes) is 1. The summed E-state index contributed by atoms with van der Waals surface area (Å²) in [6.07, 6.45) is 9.24. The number of nitrogens with zero attached hydrogens (tertiary/aromatic N) is 2. The second-order valence-electron chi connectivity index (χ2n) is 7.85. The van der Waals surface area contributed by atoms with Crippen molar-refractivity contribution in [2.24, 2.45) is 5.92 Å². The standard InChI is InChI=1S/C26H30N2O2/c1-4-6-7-21-17-27-25(28-18-21)22-10-12-23(13-11-22)26(29)30-24-14-8-20(9-15-24)16-19(3)5-2/h8-15,17-19H,4-7,16H2,1-3H3/t19-/m0/s1. The van der Waals surface area contributed by atoms with Crippen molar-refractivity contribution in [1.29, 1.82) is 0 Å². The van der Waals surface area contributed by atoms with Gasteiger partial charge in [0.1, 0.15) is 5.75 Å². The highest BCUT2D eigenvalue weighted by molar-refractivity contribution is 5.91. The summed E-state index contributed by atoms with van der Waals surface area (Å²) in [5.41, 5.74) is 3.79. The highest BCUT2D eigenvalue weighted by Gasteiger charge is 2.10. The number of carbonyl (C=O) groups is 1. The Labute approximate surface area is 179 Å². The minimum absolute atomic E-state index is 0.368. The number of carbonyl (C=O) groups excluding carboxylic acids is 1. The molecule has 0 N–H and O–H groups in total. The largest absolute Gasteiger partial charge is 0.423 e. The molecule has 0 aliphatic heterocycles. The molecule has 3 rings (SSSR count). The molecule has 156 valence electrons. The van der Waals surface area contributed by atoms with Gasteiger partial charge in [0.2, 0.25) is 0 Å². The van der Waals surface area contributed by atoms with Gasteiger partial charge in [-0.15, -0.1) is 0 Å². The van der Waals surface area contributed by atoms with E-state index in [9.17, 15) is 4.79 Å². The van der Waals surface area contributed by atoms with E-state index in [4.69, 9.17) is 4.74 Å². The third-order valence-corrected chi connectivity index (χ3v) is 5.32. The van der Waals surface area contributed by atoms with Crippen LogP contribution in [0.4, 0.5) is 0 Å². The van der Waals surface area contributed by atoms with E-state index in [1.54, 1.807) is 12.1 Å². The van der Waals surface area contributed by atoms with Crippen molar-refractivity contribution in [3.8, 4) is 17.1 Å². The highest BCUT2D eigenvalue weighted by atomic mass is 16.5. The zero-order chi connectivity index (χ0) is 21.3. The minimum atomic E-state index is -0.368. The topological polar surface area (TPSA) is 52.1 Å². The Hall–Kier alpha value is -3.01. The average Bonchev–Trinajstić information content (AvgIpc) is 2.79. The van der Waals surface area contributed by atoms with Crippen molar-refractivity contribution < 1.29 is 9.53 Å². The summed E-state index contributed by atoms with van der Waals surface area (Å²) in [7, 11) is 0. The van der Waals surface area contributed by atoms with Gasteiger partial charge in [-0.2, -0.15) is 0 Å². The summed E-state index contributed by atoms with van der Waals surface area (Å²) < 4.78 is 5.52. The lowest BCUT2D eigenvalue weighted by atomic mass is 9.99. The predicted molar refractivity (Wildman–Crippen MR) is 121 cm³/mol. The second-order valence-corrected chi connectivity index (χ2v) is 7.85. The normalized spacial score (nSPS) is 11.8. The van der Waals surface area contributed by atoms with Gasteiger partial charge in [-0.1, -0.05) is 57.9 Å². The van der Waals surface area contributed by atoms with E-state index in [0.717, 1.165) is 43.2 Å². The molecule has 4 nitrogen and oxygen atoms in total. The van der Waals surface area contributed by atoms with Crippen LogP contribution < -0.4 is 4.74 Å². The maximum absolute atomic E-state index is 12.5. The Balaban J connectivity index is 1.61. The molecule has 2 aromatic carbocycles. The molecular formula is C26H30N2O2. The van der Waals surface area contributed by atoms with E-state index in [0.29, 0.717) is 23.1 Å². The Morgan fingerprint density at radius 3 is 2.20 bits per heavy atom. The molecule has 0 fully saturated rings. The molecule has 0 unspecified atom stereocenters. The van der Waals surface area contributed by atoms with E-state index >= 15 is 0 Å². The number of aryl methyl sites for hydroxylation is 1. The van der Waals surface area contributed by atoms with Crippen molar-refractivity contribution in [1.82, 2.24) is 9.97 Å². The number of aromatic nitrogens is 2. The van der Waals surface area contributed by atoms with Gasteiger partial charge in [-0.3, -0.25) is 0 Å². The second kappa shape index (κ2) is 10.7. The Bertz CT molecular complexity index is 932. The lowest BCUT2D eigenvalue weighted by Gasteiger charge is -2.09. The van der Waals surface area contributed by atoms with Crippen molar-refractivity contribution in [3.05, 3.63) is 77.6 Å². The fraction of sp³-hybridized carbons (Fsp3) is 0.346. The fourth-order valence-corrected chi connectivity index (χ4v) is 3.18. The zero-order valence-corrected chi connectivity index (χ0v) is 18.1.